The van der Waals surface area contributed by atoms with E-state index in [1.807, 2.05) is 0 Å². The number of hydrogen-bond acceptors (Lipinski definition) is 5. The van der Waals surface area contributed by atoms with Crippen molar-refractivity contribution in [1.29, 1.82) is 0 Å². The van der Waals surface area contributed by atoms with Crippen LogP contribution >= 0.6 is 22.9 Å². The average molecular weight is 370 g/mol. The van der Waals surface area contributed by atoms with Gasteiger partial charge in [0.2, 0.25) is 10.0 Å². The summed E-state index contributed by atoms with van der Waals surface area (Å²) in [6.45, 7) is 0.158. The highest BCUT2D eigenvalue weighted by Gasteiger charge is 2.16. The van der Waals surface area contributed by atoms with E-state index in [1.165, 1.54) is 24.1 Å². The van der Waals surface area contributed by atoms with E-state index in [-0.39, 0.29) is 30.3 Å². The van der Waals surface area contributed by atoms with Crippen molar-refractivity contribution >= 4 is 45.0 Å². The summed E-state index contributed by atoms with van der Waals surface area (Å²) in [6, 6.07) is 2.41. The van der Waals surface area contributed by atoms with Gasteiger partial charge in [-0.25, -0.2) is 17.9 Å². The first-order chi connectivity index (χ1) is 10.2. The minimum Gasteiger partial charge on any atom is -0.481 e. The predicted octanol–water partition coefficient (Wildman–Crippen LogP) is 0.796. The topological polar surface area (TPSA) is 116 Å². The van der Waals surface area contributed by atoms with Gasteiger partial charge in [-0.1, -0.05) is 11.6 Å². The molecular weight excluding hydrogens is 354 g/mol. The first kappa shape index (κ1) is 18.7. The van der Waals surface area contributed by atoms with Gasteiger partial charge in [-0.15, -0.1) is 11.3 Å². The number of urea groups is 1. The third-order valence-corrected chi connectivity index (χ3v) is 5.70. The van der Waals surface area contributed by atoms with Gasteiger partial charge in [0, 0.05) is 26.7 Å². The molecule has 3 N–H and O–H groups in total. The van der Waals surface area contributed by atoms with Crippen molar-refractivity contribution in [2.75, 3.05) is 26.7 Å². The van der Waals surface area contributed by atoms with Crippen molar-refractivity contribution in [2.24, 2.45) is 0 Å². The van der Waals surface area contributed by atoms with Gasteiger partial charge in [0.1, 0.15) is 4.21 Å². The zero-order valence-electron chi connectivity index (χ0n) is 11.7. The maximum atomic E-state index is 11.9. The molecule has 2 amide bonds. The number of carbonyl (C=O) groups is 2. The highest BCUT2D eigenvalue weighted by molar-refractivity contribution is 7.91. The number of thiophene rings is 1. The van der Waals surface area contributed by atoms with Gasteiger partial charge < -0.3 is 15.3 Å². The monoisotopic (exact) mass is 369 g/mol. The summed E-state index contributed by atoms with van der Waals surface area (Å²) in [7, 11) is -2.18. The van der Waals surface area contributed by atoms with E-state index < -0.39 is 22.0 Å². The van der Waals surface area contributed by atoms with Crippen LogP contribution in [-0.4, -0.2) is 57.1 Å². The second-order valence-corrected chi connectivity index (χ2v) is 7.96. The number of carbonyl (C=O) groups excluding carboxylic acids is 1. The average Bonchev–Trinajstić information content (AvgIpc) is 2.88. The second-order valence-electron chi connectivity index (χ2n) is 4.25. The third-order valence-electron chi connectivity index (χ3n) is 2.51. The smallest absolute Gasteiger partial charge is 0.317 e. The molecule has 1 heterocycles. The Morgan fingerprint density at radius 3 is 2.59 bits per heavy atom. The minimum atomic E-state index is -3.64. The van der Waals surface area contributed by atoms with Crippen LogP contribution in [0.3, 0.4) is 0 Å². The normalized spacial score (nSPS) is 11.2. The number of rotatable bonds is 8. The summed E-state index contributed by atoms with van der Waals surface area (Å²) in [6.07, 6.45) is -0.157. The molecule has 0 spiro atoms. The molecule has 0 saturated carbocycles. The summed E-state index contributed by atoms with van der Waals surface area (Å²) in [4.78, 5) is 23.2. The molecule has 1 rings (SSSR count). The van der Waals surface area contributed by atoms with Crippen LogP contribution in [0.15, 0.2) is 16.3 Å². The Bertz CT molecular complexity index is 631. The molecule has 0 aliphatic rings. The molecule has 0 aromatic carbocycles. The largest absolute Gasteiger partial charge is 0.481 e. The van der Waals surface area contributed by atoms with Crippen LogP contribution in [0.25, 0.3) is 0 Å². The number of halogens is 1. The molecule has 0 bridgehead atoms. The van der Waals surface area contributed by atoms with Gasteiger partial charge in [-0.3, -0.25) is 4.79 Å². The van der Waals surface area contributed by atoms with Crippen LogP contribution in [0.5, 0.6) is 0 Å². The molecular formula is C11H16ClN3O5S2. The highest BCUT2D eigenvalue weighted by atomic mass is 35.5. The molecule has 124 valence electrons. The van der Waals surface area contributed by atoms with E-state index in [2.05, 4.69) is 10.0 Å². The van der Waals surface area contributed by atoms with E-state index in [9.17, 15) is 18.0 Å². The molecule has 0 saturated heterocycles. The number of nitrogens with one attached hydrogen (secondary N) is 2. The van der Waals surface area contributed by atoms with Crippen LogP contribution < -0.4 is 10.0 Å². The van der Waals surface area contributed by atoms with Crippen molar-refractivity contribution in [1.82, 2.24) is 14.9 Å². The summed E-state index contributed by atoms with van der Waals surface area (Å²) in [5.74, 6) is -0.998. The highest BCUT2D eigenvalue weighted by Crippen LogP contribution is 2.24. The van der Waals surface area contributed by atoms with Crippen LogP contribution in [0.4, 0.5) is 4.79 Å². The molecule has 0 aliphatic carbocycles. The van der Waals surface area contributed by atoms with Crippen LogP contribution in [0.2, 0.25) is 4.34 Å². The van der Waals surface area contributed by atoms with Gasteiger partial charge in [-0.05, 0) is 12.1 Å². The van der Waals surface area contributed by atoms with Crippen molar-refractivity contribution in [3.63, 3.8) is 0 Å². The summed E-state index contributed by atoms with van der Waals surface area (Å²) in [5.41, 5.74) is 0. The van der Waals surface area contributed by atoms with Crippen molar-refractivity contribution < 1.29 is 23.1 Å². The number of carboxylic acid groups (broad SMARTS) is 1. The number of aliphatic carboxylic acids is 1. The summed E-state index contributed by atoms with van der Waals surface area (Å²) in [5, 5.41) is 11.0. The predicted molar refractivity (Wildman–Crippen MR) is 82.8 cm³/mol. The molecule has 0 aliphatic heterocycles. The van der Waals surface area contributed by atoms with Gasteiger partial charge >= 0.3 is 12.0 Å². The lowest BCUT2D eigenvalue weighted by Gasteiger charge is -2.16. The van der Waals surface area contributed by atoms with Crippen molar-refractivity contribution in [3.8, 4) is 0 Å². The van der Waals surface area contributed by atoms with Gasteiger partial charge in [0.25, 0.3) is 0 Å². The summed E-state index contributed by atoms with van der Waals surface area (Å²) < 4.78 is 26.5. The molecule has 8 nitrogen and oxygen atoms in total. The lowest BCUT2D eigenvalue weighted by Crippen LogP contribution is -2.41. The second kappa shape index (κ2) is 8.32. The fourth-order valence-corrected chi connectivity index (χ4v) is 3.93. The zero-order valence-corrected chi connectivity index (χ0v) is 14.1. The Morgan fingerprint density at radius 2 is 2.05 bits per heavy atom. The van der Waals surface area contributed by atoms with Crippen molar-refractivity contribution in [3.05, 3.63) is 16.5 Å². The molecule has 0 unspecified atom stereocenters. The van der Waals surface area contributed by atoms with Gasteiger partial charge in [0.05, 0.1) is 10.8 Å². The molecule has 22 heavy (non-hydrogen) atoms. The Balaban J connectivity index is 2.33. The number of amides is 2. The maximum absolute atomic E-state index is 11.9. The quantitative estimate of drug-likeness (QED) is 0.586. The Hall–Kier alpha value is -1.36. The maximum Gasteiger partial charge on any atom is 0.317 e. The van der Waals surface area contributed by atoms with Gasteiger partial charge in [0.15, 0.2) is 0 Å². The molecule has 1 aromatic heterocycles. The molecule has 0 radical (unpaired) electrons. The number of hydrogen-bond donors (Lipinski definition) is 3. The lowest BCUT2D eigenvalue weighted by molar-refractivity contribution is -0.137. The van der Waals surface area contributed by atoms with E-state index in [0.29, 0.717) is 4.34 Å². The van der Waals surface area contributed by atoms with Crippen LogP contribution in [0.1, 0.15) is 6.42 Å². The van der Waals surface area contributed by atoms with E-state index in [1.54, 1.807) is 0 Å². The van der Waals surface area contributed by atoms with Crippen molar-refractivity contribution in [2.45, 2.75) is 10.6 Å². The Kier molecular flexibility index (Phi) is 7.07. The SMILES string of the molecule is CN(CCC(=O)O)C(=O)NCCNS(=O)(=O)c1ccc(Cl)s1. The minimum absolute atomic E-state index is 0.0103. The molecule has 0 atom stereocenters. The van der Waals surface area contributed by atoms with E-state index in [0.717, 1.165) is 11.3 Å². The Labute approximate surface area is 137 Å². The molecule has 0 fully saturated rings. The first-order valence-electron chi connectivity index (χ1n) is 6.18. The fraction of sp³-hybridized carbons (Fsp3) is 0.455. The van der Waals surface area contributed by atoms with Crippen LogP contribution in [0, 0.1) is 0 Å². The third kappa shape index (κ3) is 6.18. The molecule has 11 heteroatoms. The number of nitrogens with zero attached hydrogens (tertiary/aromatic N) is 1. The fourth-order valence-electron chi connectivity index (χ4n) is 1.37. The number of carboxylic acids is 1. The van der Waals surface area contributed by atoms with E-state index in [4.69, 9.17) is 16.7 Å². The first-order valence-corrected chi connectivity index (χ1v) is 8.86. The number of sulfonamides is 1. The van der Waals surface area contributed by atoms with E-state index >= 15 is 0 Å². The zero-order chi connectivity index (χ0) is 16.8. The standard InChI is InChI=1S/C11H16ClN3O5S2/c1-15(7-4-9(16)17)11(18)13-5-6-14-22(19,20)10-3-2-8(12)21-10/h2-3,14H,4-7H2,1H3,(H,13,18)(H,16,17). The molecule has 1 aromatic rings. The Morgan fingerprint density at radius 1 is 1.36 bits per heavy atom. The lowest BCUT2D eigenvalue weighted by atomic mass is 10.4. The van der Waals surface area contributed by atoms with Crippen LogP contribution in [-0.2, 0) is 14.8 Å². The van der Waals surface area contributed by atoms with Gasteiger partial charge in [-0.2, -0.15) is 0 Å². The summed E-state index contributed by atoms with van der Waals surface area (Å²) >= 11 is 6.62.